The fourth-order valence-electron chi connectivity index (χ4n) is 2.21. The summed E-state index contributed by atoms with van der Waals surface area (Å²) >= 11 is 0. The van der Waals surface area contributed by atoms with Crippen LogP contribution in [0.1, 0.15) is 31.7 Å². The van der Waals surface area contributed by atoms with Gasteiger partial charge in [0.1, 0.15) is 5.75 Å². The molecule has 0 fully saturated rings. The van der Waals surface area contributed by atoms with Gasteiger partial charge in [-0.15, -0.1) is 0 Å². The van der Waals surface area contributed by atoms with Crippen LogP contribution in [0, 0.1) is 0 Å². The third-order valence-corrected chi connectivity index (χ3v) is 3.44. The van der Waals surface area contributed by atoms with Gasteiger partial charge >= 0.3 is 0 Å². The zero-order chi connectivity index (χ0) is 13.1. The van der Waals surface area contributed by atoms with Crippen LogP contribution < -0.4 is 10.1 Å². The number of benzene rings is 1. The number of nitrogens with one attached hydrogen (secondary N) is 1. The van der Waals surface area contributed by atoms with E-state index in [4.69, 9.17) is 9.84 Å². The molecule has 18 heavy (non-hydrogen) atoms. The van der Waals surface area contributed by atoms with Crippen molar-refractivity contribution in [3.63, 3.8) is 0 Å². The van der Waals surface area contributed by atoms with Crippen molar-refractivity contribution in [3.8, 4) is 5.75 Å². The predicted octanol–water partition coefficient (Wildman–Crippen LogP) is 1.44. The number of ether oxygens (including phenoxy) is 1. The summed E-state index contributed by atoms with van der Waals surface area (Å²) in [6, 6.07) is 7.51. The Morgan fingerprint density at radius 2 is 2.22 bits per heavy atom. The largest absolute Gasteiger partial charge is 0.480 e. The van der Waals surface area contributed by atoms with Crippen LogP contribution in [0.15, 0.2) is 24.3 Å². The Morgan fingerprint density at radius 1 is 1.50 bits per heavy atom. The lowest BCUT2D eigenvalue weighted by Gasteiger charge is -2.19. The molecule has 2 rings (SSSR count). The molecule has 1 aliphatic heterocycles. The van der Waals surface area contributed by atoms with Crippen molar-refractivity contribution in [3.05, 3.63) is 29.8 Å². The molecular formula is C14H19NO3. The molecule has 1 amide bonds. The van der Waals surface area contributed by atoms with E-state index in [2.05, 4.69) is 5.32 Å². The van der Waals surface area contributed by atoms with Gasteiger partial charge < -0.3 is 15.2 Å². The number of hydrogen-bond donors (Lipinski definition) is 2. The molecule has 1 heterocycles. The van der Waals surface area contributed by atoms with Gasteiger partial charge in [0.25, 0.3) is 5.91 Å². The van der Waals surface area contributed by atoms with E-state index < -0.39 is 6.10 Å². The van der Waals surface area contributed by atoms with Gasteiger partial charge in [-0.25, -0.2) is 0 Å². The molecule has 2 N–H and O–H groups in total. The van der Waals surface area contributed by atoms with E-state index in [9.17, 15) is 4.79 Å². The standard InChI is InChI=1S/C14H19NO3/c1-3-10(8-16)15-14(17)13-9(2)11-6-4-5-7-12(11)18-13/h4-7,9-10,13,16H,3,8H2,1-2H3,(H,15,17). The van der Waals surface area contributed by atoms with E-state index in [-0.39, 0.29) is 24.5 Å². The summed E-state index contributed by atoms with van der Waals surface area (Å²) in [7, 11) is 0. The molecule has 0 spiro atoms. The van der Waals surface area contributed by atoms with Gasteiger partial charge in [0.2, 0.25) is 0 Å². The number of carbonyl (C=O) groups is 1. The Hall–Kier alpha value is -1.55. The van der Waals surface area contributed by atoms with Crippen LogP contribution in [0.4, 0.5) is 0 Å². The van der Waals surface area contributed by atoms with Gasteiger partial charge in [0.15, 0.2) is 6.10 Å². The van der Waals surface area contributed by atoms with Crippen molar-refractivity contribution < 1.29 is 14.6 Å². The molecule has 3 atom stereocenters. The van der Waals surface area contributed by atoms with E-state index in [0.29, 0.717) is 6.42 Å². The third kappa shape index (κ3) is 2.34. The molecule has 0 radical (unpaired) electrons. The highest BCUT2D eigenvalue weighted by molar-refractivity contribution is 5.83. The Balaban J connectivity index is 2.06. The van der Waals surface area contributed by atoms with Crippen LogP contribution >= 0.6 is 0 Å². The molecule has 0 aliphatic carbocycles. The molecule has 0 saturated heterocycles. The molecule has 0 saturated carbocycles. The maximum absolute atomic E-state index is 12.1. The lowest BCUT2D eigenvalue weighted by molar-refractivity contribution is -0.129. The first-order valence-electron chi connectivity index (χ1n) is 6.34. The number of hydrogen-bond acceptors (Lipinski definition) is 3. The molecule has 3 unspecified atom stereocenters. The van der Waals surface area contributed by atoms with Crippen LogP contribution in [0.3, 0.4) is 0 Å². The van der Waals surface area contributed by atoms with Crippen LogP contribution in [0.2, 0.25) is 0 Å². The molecule has 1 aromatic rings. The number of carbonyl (C=O) groups excluding carboxylic acids is 1. The summed E-state index contributed by atoms with van der Waals surface area (Å²) in [4.78, 5) is 12.1. The second kappa shape index (κ2) is 5.40. The highest BCUT2D eigenvalue weighted by atomic mass is 16.5. The van der Waals surface area contributed by atoms with Gasteiger partial charge in [-0.3, -0.25) is 4.79 Å². The lowest BCUT2D eigenvalue weighted by atomic mass is 9.97. The highest BCUT2D eigenvalue weighted by Crippen LogP contribution is 2.37. The van der Waals surface area contributed by atoms with Gasteiger partial charge in [-0.1, -0.05) is 32.0 Å². The fraction of sp³-hybridized carbons (Fsp3) is 0.500. The van der Waals surface area contributed by atoms with Crippen LogP contribution in [0.25, 0.3) is 0 Å². The summed E-state index contributed by atoms with van der Waals surface area (Å²) < 4.78 is 5.68. The fourth-order valence-corrected chi connectivity index (χ4v) is 2.21. The van der Waals surface area contributed by atoms with Gasteiger partial charge in [0, 0.05) is 11.5 Å². The van der Waals surface area contributed by atoms with E-state index in [1.807, 2.05) is 38.1 Å². The van der Waals surface area contributed by atoms with Crippen molar-refractivity contribution in [1.29, 1.82) is 0 Å². The number of amides is 1. The van der Waals surface area contributed by atoms with Crippen molar-refractivity contribution in [2.45, 2.75) is 38.3 Å². The SMILES string of the molecule is CCC(CO)NC(=O)C1Oc2ccccc2C1C. The van der Waals surface area contributed by atoms with Crippen molar-refractivity contribution >= 4 is 5.91 Å². The first-order chi connectivity index (χ1) is 8.67. The summed E-state index contributed by atoms with van der Waals surface area (Å²) in [5.74, 6) is 0.666. The smallest absolute Gasteiger partial charge is 0.262 e. The minimum absolute atomic E-state index is 0.0393. The molecule has 1 aliphatic rings. The number of aliphatic hydroxyl groups is 1. The van der Waals surface area contributed by atoms with Crippen LogP contribution in [0.5, 0.6) is 5.75 Å². The van der Waals surface area contributed by atoms with E-state index in [1.165, 1.54) is 0 Å². The molecule has 0 bridgehead atoms. The van der Waals surface area contributed by atoms with Crippen LogP contribution in [-0.4, -0.2) is 29.8 Å². The Labute approximate surface area is 107 Å². The Kier molecular flexibility index (Phi) is 3.87. The first-order valence-corrected chi connectivity index (χ1v) is 6.34. The zero-order valence-electron chi connectivity index (χ0n) is 10.7. The van der Waals surface area contributed by atoms with Crippen molar-refractivity contribution in [1.82, 2.24) is 5.32 Å². The molecule has 4 heteroatoms. The Bertz CT molecular complexity index is 429. The first kappa shape index (κ1) is 12.9. The maximum atomic E-state index is 12.1. The van der Waals surface area contributed by atoms with Gasteiger partial charge in [-0.2, -0.15) is 0 Å². The zero-order valence-corrected chi connectivity index (χ0v) is 10.7. The second-order valence-electron chi connectivity index (χ2n) is 4.66. The Morgan fingerprint density at radius 3 is 2.83 bits per heavy atom. The molecular weight excluding hydrogens is 230 g/mol. The average Bonchev–Trinajstić information content (AvgIpc) is 2.74. The summed E-state index contributed by atoms with van der Waals surface area (Å²) in [6.07, 6.45) is 0.207. The van der Waals surface area contributed by atoms with E-state index >= 15 is 0 Å². The number of aliphatic hydroxyl groups excluding tert-OH is 1. The highest BCUT2D eigenvalue weighted by Gasteiger charge is 2.36. The quantitative estimate of drug-likeness (QED) is 0.849. The summed E-state index contributed by atoms with van der Waals surface area (Å²) in [5, 5.41) is 11.9. The molecule has 4 nitrogen and oxygen atoms in total. The normalized spacial score (nSPS) is 23.1. The van der Waals surface area contributed by atoms with Gasteiger partial charge in [0.05, 0.1) is 12.6 Å². The number of rotatable bonds is 4. The second-order valence-corrected chi connectivity index (χ2v) is 4.66. The van der Waals surface area contributed by atoms with E-state index in [0.717, 1.165) is 11.3 Å². The topological polar surface area (TPSA) is 58.6 Å². The lowest BCUT2D eigenvalue weighted by Crippen LogP contribution is -2.45. The monoisotopic (exact) mass is 249 g/mol. The summed E-state index contributed by atoms with van der Waals surface area (Å²) in [6.45, 7) is 3.86. The third-order valence-electron chi connectivity index (χ3n) is 3.44. The predicted molar refractivity (Wildman–Crippen MR) is 68.6 cm³/mol. The maximum Gasteiger partial charge on any atom is 0.262 e. The summed E-state index contributed by atoms with van der Waals surface area (Å²) in [5.41, 5.74) is 1.06. The minimum atomic E-state index is -0.497. The minimum Gasteiger partial charge on any atom is -0.480 e. The van der Waals surface area contributed by atoms with Gasteiger partial charge in [-0.05, 0) is 12.5 Å². The van der Waals surface area contributed by atoms with Crippen LogP contribution in [-0.2, 0) is 4.79 Å². The molecule has 1 aromatic carbocycles. The number of para-hydroxylation sites is 1. The number of fused-ring (bicyclic) bond motifs is 1. The van der Waals surface area contributed by atoms with E-state index in [1.54, 1.807) is 0 Å². The molecule has 98 valence electrons. The van der Waals surface area contributed by atoms with Crippen molar-refractivity contribution in [2.75, 3.05) is 6.61 Å². The van der Waals surface area contributed by atoms with Crippen molar-refractivity contribution in [2.24, 2.45) is 0 Å². The molecule has 0 aromatic heterocycles. The average molecular weight is 249 g/mol.